The Hall–Kier alpha value is -2.58. The first-order chi connectivity index (χ1) is 15.4. The van der Waals surface area contributed by atoms with Crippen LogP contribution in [0, 0.1) is 11.8 Å². The molecule has 1 aliphatic carbocycles. The number of aromatic hydroxyl groups is 1. The Labute approximate surface area is 186 Å². The van der Waals surface area contributed by atoms with Crippen molar-refractivity contribution in [2.45, 2.75) is 50.5 Å². The van der Waals surface area contributed by atoms with E-state index in [9.17, 15) is 14.7 Å². The molecule has 3 fully saturated rings. The Kier molecular flexibility index (Phi) is 4.21. The van der Waals surface area contributed by atoms with Gasteiger partial charge >= 0.3 is 5.97 Å². The Morgan fingerprint density at radius 2 is 2.09 bits per heavy atom. The Balaban J connectivity index is 1.62. The average Bonchev–Trinajstić information content (AvgIpc) is 3.22. The van der Waals surface area contributed by atoms with Crippen molar-refractivity contribution in [3.63, 3.8) is 0 Å². The summed E-state index contributed by atoms with van der Waals surface area (Å²) in [6.07, 6.45) is 3.17. The number of carbonyl (C=O) groups is 2. The number of hydrogen-bond donors (Lipinski definition) is 1. The highest BCUT2D eigenvalue weighted by Gasteiger charge is 2.70. The molecule has 170 valence electrons. The van der Waals surface area contributed by atoms with Crippen molar-refractivity contribution < 1.29 is 28.9 Å². The first-order valence-corrected chi connectivity index (χ1v) is 11.3. The monoisotopic (exact) mass is 440 g/mol. The van der Waals surface area contributed by atoms with Gasteiger partial charge in [-0.1, -0.05) is 17.7 Å². The number of carbonyl (C=O) groups excluding carboxylic acids is 2. The third kappa shape index (κ3) is 2.34. The molecule has 0 aromatic heterocycles. The quantitative estimate of drug-likeness (QED) is 0.555. The average molecular weight is 440 g/mol. The van der Waals surface area contributed by atoms with Crippen LogP contribution >= 0.6 is 0 Å². The molecule has 1 N–H and O–H groups in total. The fourth-order valence-corrected chi connectivity index (χ4v) is 7.49. The van der Waals surface area contributed by atoms with Crippen LogP contribution in [0.4, 0.5) is 5.69 Å². The van der Waals surface area contributed by atoms with Crippen molar-refractivity contribution in [1.29, 1.82) is 0 Å². The minimum Gasteiger partial charge on any atom is -0.503 e. The Morgan fingerprint density at radius 1 is 1.28 bits per heavy atom. The second-order valence-electron chi connectivity index (χ2n) is 9.63. The molecule has 1 amide bonds. The fourth-order valence-electron chi connectivity index (χ4n) is 7.49. The summed E-state index contributed by atoms with van der Waals surface area (Å²) in [6.45, 7) is 5.10. The highest BCUT2D eigenvalue weighted by molar-refractivity contribution is 5.99. The van der Waals surface area contributed by atoms with Crippen LogP contribution in [0.5, 0.6) is 11.5 Å². The molecule has 6 atom stereocenters. The predicted octanol–water partition coefficient (Wildman–Crippen LogP) is 1.94. The molecule has 0 unspecified atom stereocenters. The smallest absolute Gasteiger partial charge is 0.304 e. The summed E-state index contributed by atoms with van der Waals surface area (Å²) < 4.78 is 17.2. The molecule has 8 heteroatoms. The lowest BCUT2D eigenvalue weighted by Gasteiger charge is -2.56. The summed E-state index contributed by atoms with van der Waals surface area (Å²) >= 11 is 0. The summed E-state index contributed by atoms with van der Waals surface area (Å²) in [4.78, 5) is 29.5. The number of phenolic OH excluding ortho intramolecular Hbond substituents is 1. The van der Waals surface area contributed by atoms with Gasteiger partial charge < -0.3 is 24.2 Å². The molecule has 2 saturated heterocycles. The second-order valence-corrected chi connectivity index (χ2v) is 9.63. The van der Waals surface area contributed by atoms with Crippen molar-refractivity contribution in [3.8, 4) is 11.5 Å². The van der Waals surface area contributed by atoms with Crippen LogP contribution < -0.4 is 9.64 Å². The van der Waals surface area contributed by atoms with Gasteiger partial charge in [0.25, 0.3) is 0 Å². The summed E-state index contributed by atoms with van der Waals surface area (Å²) in [5, 5.41) is 11.2. The van der Waals surface area contributed by atoms with Crippen molar-refractivity contribution in [1.82, 2.24) is 4.90 Å². The standard InChI is InChI=1S/C24H28N2O6/c1-12(27)26-20-16(4-5-17(30-3)21(20)29)24-7-8-25-11-14-6-9-31-23(32-13(2)28)19(22(24)26)15(14)10-18(24)25/h4-6,15,18-19,22-23,29H,7-11H2,1-3H3/t15-,18-,19+,22-,23-,24+/m0/s1. The third-order valence-corrected chi connectivity index (χ3v) is 8.44. The van der Waals surface area contributed by atoms with Crippen molar-refractivity contribution >= 4 is 17.6 Å². The topological polar surface area (TPSA) is 88.5 Å². The van der Waals surface area contributed by atoms with Crippen molar-refractivity contribution in [2.24, 2.45) is 11.8 Å². The molecule has 4 heterocycles. The van der Waals surface area contributed by atoms with E-state index < -0.39 is 12.3 Å². The molecule has 5 aliphatic rings. The van der Waals surface area contributed by atoms with Crippen LogP contribution in [-0.2, 0) is 24.5 Å². The van der Waals surface area contributed by atoms with Gasteiger partial charge in [0.2, 0.25) is 12.2 Å². The second kappa shape index (κ2) is 6.71. The number of fused-ring (bicyclic) bond motifs is 2. The summed E-state index contributed by atoms with van der Waals surface area (Å²) in [6, 6.07) is 3.77. The largest absolute Gasteiger partial charge is 0.503 e. The van der Waals surface area contributed by atoms with E-state index in [0.717, 1.165) is 31.5 Å². The fraction of sp³-hybridized carbons (Fsp3) is 0.583. The maximum Gasteiger partial charge on any atom is 0.304 e. The molecule has 4 aliphatic heterocycles. The van der Waals surface area contributed by atoms with Gasteiger partial charge in [-0.25, -0.2) is 0 Å². The highest BCUT2D eigenvalue weighted by atomic mass is 16.7. The van der Waals surface area contributed by atoms with Crippen molar-refractivity contribution in [2.75, 3.05) is 31.7 Å². The van der Waals surface area contributed by atoms with Crippen LogP contribution in [0.1, 0.15) is 32.3 Å². The molecule has 1 aromatic carbocycles. The number of methoxy groups -OCH3 is 1. The normalized spacial score (nSPS) is 36.7. The lowest BCUT2D eigenvalue weighted by atomic mass is 9.55. The molecule has 1 spiro atoms. The Morgan fingerprint density at radius 3 is 2.81 bits per heavy atom. The van der Waals surface area contributed by atoms with Gasteiger partial charge in [-0.05, 0) is 36.9 Å². The zero-order valence-electron chi connectivity index (χ0n) is 18.5. The molecule has 32 heavy (non-hydrogen) atoms. The lowest BCUT2D eigenvalue weighted by Crippen LogP contribution is -2.66. The summed E-state index contributed by atoms with van der Waals surface area (Å²) in [5.74, 6) is -0.270. The SMILES string of the molecule is COc1ccc2c(c1O)N(C(C)=O)[C@H]1[C@@H]3[C@H](OC(C)=O)OCC=C4CN5CC[C@]21[C@@H]5C[C@@H]43. The van der Waals surface area contributed by atoms with Crippen LogP contribution in [0.25, 0.3) is 0 Å². The van der Waals surface area contributed by atoms with Crippen LogP contribution in [-0.4, -0.2) is 67.1 Å². The van der Waals surface area contributed by atoms with E-state index in [1.165, 1.54) is 26.5 Å². The van der Waals surface area contributed by atoms with Gasteiger partial charge in [-0.2, -0.15) is 0 Å². The minimum absolute atomic E-state index is 0.00804. The number of benzene rings is 1. The van der Waals surface area contributed by atoms with Gasteiger partial charge in [0.05, 0.1) is 31.4 Å². The van der Waals surface area contributed by atoms with E-state index in [1.54, 1.807) is 11.0 Å². The molecule has 0 radical (unpaired) electrons. The highest BCUT2D eigenvalue weighted by Crippen LogP contribution is 2.66. The zero-order chi connectivity index (χ0) is 22.4. The number of rotatable bonds is 2. The van der Waals surface area contributed by atoms with E-state index in [1.807, 2.05) is 6.07 Å². The van der Waals surface area contributed by atoms with Gasteiger partial charge in [-0.3, -0.25) is 14.5 Å². The number of hydrogen-bond acceptors (Lipinski definition) is 7. The summed E-state index contributed by atoms with van der Waals surface area (Å²) in [7, 11) is 1.51. The lowest BCUT2D eigenvalue weighted by molar-refractivity contribution is -0.197. The maximum atomic E-state index is 13.2. The molecular weight excluding hydrogens is 412 g/mol. The van der Waals surface area contributed by atoms with E-state index in [0.29, 0.717) is 18.0 Å². The predicted molar refractivity (Wildman–Crippen MR) is 114 cm³/mol. The molecular formula is C24H28N2O6. The maximum absolute atomic E-state index is 13.2. The van der Waals surface area contributed by atoms with Crippen LogP contribution in [0.2, 0.25) is 0 Å². The minimum atomic E-state index is -0.749. The Bertz CT molecular complexity index is 1050. The third-order valence-electron chi connectivity index (χ3n) is 8.44. The van der Waals surface area contributed by atoms with E-state index in [2.05, 4.69) is 11.0 Å². The number of phenols is 1. The number of anilines is 1. The molecule has 1 aromatic rings. The zero-order valence-corrected chi connectivity index (χ0v) is 18.5. The molecule has 6 rings (SSSR count). The molecule has 1 saturated carbocycles. The van der Waals surface area contributed by atoms with Gasteiger partial charge in [0.1, 0.15) is 0 Å². The van der Waals surface area contributed by atoms with Gasteiger partial charge in [0, 0.05) is 31.8 Å². The number of piperidine rings is 1. The summed E-state index contributed by atoms with van der Waals surface area (Å²) in [5.41, 5.74) is 2.47. The number of nitrogens with zero attached hydrogens (tertiary/aromatic N) is 2. The van der Waals surface area contributed by atoms with Crippen LogP contribution in [0.3, 0.4) is 0 Å². The number of esters is 1. The number of amides is 1. The van der Waals surface area contributed by atoms with E-state index in [-0.39, 0.29) is 41.0 Å². The first kappa shape index (κ1) is 20.1. The van der Waals surface area contributed by atoms with Gasteiger partial charge in [-0.15, -0.1) is 0 Å². The van der Waals surface area contributed by atoms with E-state index >= 15 is 0 Å². The first-order valence-electron chi connectivity index (χ1n) is 11.3. The van der Waals surface area contributed by atoms with Gasteiger partial charge in [0.15, 0.2) is 11.5 Å². The van der Waals surface area contributed by atoms with Crippen LogP contribution in [0.15, 0.2) is 23.8 Å². The van der Waals surface area contributed by atoms with Crippen molar-refractivity contribution in [3.05, 3.63) is 29.3 Å². The molecule has 8 nitrogen and oxygen atoms in total. The van der Waals surface area contributed by atoms with E-state index in [4.69, 9.17) is 14.2 Å². The molecule has 2 bridgehead atoms. The number of ether oxygens (including phenoxy) is 3.